The molecule has 0 radical (unpaired) electrons. The van der Waals surface area contributed by atoms with Crippen LogP contribution in [-0.2, 0) is 6.61 Å². The van der Waals surface area contributed by atoms with Gasteiger partial charge < -0.3 is 15.2 Å². The van der Waals surface area contributed by atoms with Crippen LogP contribution in [-0.4, -0.2) is 29.3 Å². The molecule has 4 heteroatoms. The quantitative estimate of drug-likeness (QED) is 0.724. The molecule has 1 saturated heterocycles. The molecule has 0 amide bonds. The van der Waals surface area contributed by atoms with E-state index >= 15 is 0 Å². The van der Waals surface area contributed by atoms with E-state index in [4.69, 9.17) is 9.84 Å². The molecule has 1 aromatic rings. The molecule has 0 aromatic carbocycles. The standard InChI is InChI=1S/C10H14N2O2/c13-6-8-1-2-10(5-12-8)14-7-9-3-4-11-9/h1-2,5,9,11,13H,3-4,6-7H2/t9-/m0/s1. The van der Waals surface area contributed by atoms with Crippen molar-refractivity contribution < 1.29 is 9.84 Å². The molecule has 14 heavy (non-hydrogen) atoms. The second kappa shape index (κ2) is 4.39. The number of ether oxygens (including phenoxy) is 1. The van der Waals surface area contributed by atoms with Crippen LogP contribution >= 0.6 is 0 Å². The van der Waals surface area contributed by atoms with Crippen molar-refractivity contribution in [1.82, 2.24) is 10.3 Å². The fourth-order valence-corrected chi connectivity index (χ4v) is 1.28. The van der Waals surface area contributed by atoms with Crippen molar-refractivity contribution in [2.24, 2.45) is 0 Å². The molecule has 4 nitrogen and oxygen atoms in total. The van der Waals surface area contributed by atoms with Crippen LogP contribution in [0.1, 0.15) is 12.1 Å². The third-order valence-electron chi connectivity index (χ3n) is 2.34. The molecule has 1 aliphatic heterocycles. The summed E-state index contributed by atoms with van der Waals surface area (Å²) in [6.07, 6.45) is 2.83. The molecular weight excluding hydrogens is 180 g/mol. The number of nitrogens with one attached hydrogen (secondary N) is 1. The van der Waals surface area contributed by atoms with Gasteiger partial charge in [0.05, 0.1) is 18.5 Å². The number of rotatable bonds is 4. The summed E-state index contributed by atoms with van der Waals surface area (Å²) >= 11 is 0. The van der Waals surface area contributed by atoms with Crippen molar-refractivity contribution >= 4 is 0 Å². The van der Waals surface area contributed by atoms with Crippen LogP contribution in [0.5, 0.6) is 5.75 Å². The van der Waals surface area contributed by atoms with Gasteiger partial charge in [-0.15, -0.1) is 0 Å². The fourth-order valence-electron chi connectivity index (χ4n) is 1.28. The Balaban J connectivity index is 1.83. The van der Waals surface area contributed by atoms with Crippen LogP contribution < -0.4 is 10.1 Å². The SMILES string of the molecule is OCc1ccc(OC[C@@H]2CCN2)cn1. The van der Waals surface area contributed by atoms with Gasteiger partial charge >= 0.3 is 0 Å². The van der Waals surface area contributed by atoms with Crippen molar-refractivity contribution in [2.45, 2.75) is 19.1 Å². The lowest BCUT2D eigenvalue weighted by Crippen LogP contribution is -2.46. The van der Waals surface area contributed by atoms with Gasteiger partial charge in [0.2, 0.25) is 0 Å². The van der Waals surface area contributed by atoms with Gasteiger partial charge in [0.1, 0.15) is 12.4 Å². The predicted octanol–water partition coefficient (Wildman–Crippen LogP) is 0.315. The highest BCUT2D eigenvalue weighted by Crippen LogP contribution is 2.11. The number of hydrogen-bond acceptors (Lipinski definition) is 4. The van der Waals surface area contributed by atoms with Crippen molar-refractivity contribution in [1.29, 1.82) is 0 Å². The summed E-state index contributed by atoms with van der Waals surface area (Å²) in [5.74, 6) is 0.760. The van der Waals surface area contributed by atoms with Crippen LogP contribution in [0.25, 0.3) is 0 Å². The minimum absolute atomic E-state index is 0.0234. The zero-order chi connectivity index (χ0) is 9.80. The summed E-state index contributed by atoms with van der Waals surface area (Å²) < 4.78 is 5.50. The Morgan fingerprint density at radius 1 is 1.57 bits per heavy atom. The van der Waals surface area contributed by atoms with Crippen LogP contribution in [0, 0.1) is 0 Å². The van der Waals surface area contributed by atoms with Gasteiger partial charge in [-0.3, -0.25) is 4.98 Å². The smallest absolute Gasteiger partial charge is 0.137 e. The normalized spacial score (nSPS) is 20.2. The highest BCUT2D eigenvalue weighted by atomic mass is 16.5. The Labute approximate surface area is 82.9 Å². The zero-order valence-corrected chi connectivity index (χ0v) is 7.94. The summed E-state index contributed by atoms with van der Waals surface area (Å²) in [6.45, 7) is 1.76. The van der Waals surface area contributed by atoms with E-state index in [-0.39, 0.29) is 6.61 Å². The van der Waals surface area contributed by atoms with Gasteiger partial charge in [0.15, 0.2) is 0 Å². The molecule has 2 rings (SSSR count). The Morgan fingerprint density at radius 3 is 2.93 bits per heavy atom. The highest BCUT2D eigenvalue weighted by Gasteiger charge is 2.16. The molecule has 0 saturated carbocycles. The van der Waals surface area contributed by atoms with Crippen molar-refractivity contribution in [3.63, 3.8) is 0 Å². The Kier molecular flexibility index (Phi) is 2.96. The largest absolute Gasteiger partial charge is 0.490 e. The second-order valence-electron chi connectivity index (χ2n) is 3.39. The van der Waals surface area contributed by atoms with E-state index in [1.165, 1.54) is 6.42 Å². The zero-order valence-electron chi connectivity index (χ0n) is 7.94. The average Bonchev–Trinajstić information content (AvgIpc) is 2.16. The van der Waals surface area contributed by atoms with Crippen molar-refractivity contribution in [2.75, 3.05) is 13.2 Å². The van der Waals surface area contributed by atoms with Gasteiger partial charge in [-0.05, 0) is 25.1 Å². The molecular formula is C10H14N2O2. The minimum atomic E-state index is -0.0234. The summed E-state index contributed by atoms with van der Waals surface area (Å²) in [6, 6.07) is 4.09. The van der Waals surface area contributed by atoms with Crippen LogP contribution in [0.4, 0.5) is 0 Å². The summed E-state index contributed by atoms with van der Waals surface area (Å²) in [5, 5.41) is 12.0. The number of aliphatic hydroxyl groups is 1. The summed E-state index contributed by atoms with van der Waals surface area (Å²) in [4.78, 5) is 4.02. The Hall–Kier alpha value is -1.13. The third kappa shape index (κ3) is 2.21. The van der Waals surface area contributed by atoms with Crippen molar-refractivity contribution in [3.8, 4) is 5.75 Å². The monoisotopic (exact) mass is 194 g/mol. The second-order valence-corrected chi connectivity index (χ2v) is 3.39. The van der Waals surface area contributed by atoms with Gasteiger partial charge in [-0.1, -0.05) is 0 Å². The molecule has 0 unspecified atom stereocenters. The first-order valence-electron chi connectivity index (χ1n) is 4.80. The molecule has 1 aliphatic rings. The fraction of sp³-hybridized carbons (Fsp3) is 0.500. The summed E-state index contributed by atoms with van der Waals surface area (Å²) in [5.41, 5.74) is 0.666. The topological polar surface area (TPSA) is 54.4 Å². The Bertz CT molecular complexity index is 283. The van der Waals surface area contributed by atoms with E-state index in [2.05, 4.69) is 10.3 Å². The molecule has 2 heterocycles. The van der Waals surface area contributed by atoms with Gasteiger partial charge in [-0.25, -0.2) is 0 Å². The number of aromatic nitrogens is 1. The van der Waals surface area contributed by atoms with E-state index in [1.807, 2.05) is 6.07 Å². The number of hydrogen-bond donors (Lipinski definition) is 2. The molecule has 1 atom stereocenters. The molecule has 2 N–H and O–H groups in total. The van der Waals surface area contributed by atoms with Crippen LogP contribution in [0.2, 0.25) is 0 Å². The first kappa shape index (κ1) is 9.43. The highest BCUT2D eigenvalue weighted by molar-refractivity contribution is 5.19. The maximum atomic E-state index is 8.78. The predicted molar refractivity (Wildman–Crippen MR) is 52.1 cm³/mol. The third-order valence-corrected chi connectivity index (χ3v) is 2.34. The molecule has 0 spiro atoms. The van der Waals surface area contributed by atoms with E-state index < -0.39 is 0 Å². The summed E-state index contributed by atoms with van der Waals surface area (Å²) in [7, 11) is 0. The van der Waals surface area contributed by atoms with Gasteiger partial charge in [-0.2, -0.15) is 0 Å². The van der Waals surface area contributed by atoms with Crippen LogP contribution in [0.3, 0.4) is 0 Å². The van der Waals surface area contributed by atoms with Gasteiger partial charge in [0.25, 0.3) is 0 Å². The van der Waals surface area contributed by atoms with E-state index in [9.17, 15) is 0 Å². The van der Waals surface area contributed by atoms with E-state index in [0.29, 0.717) is 18.3 Å². The maximum absolute atomic E-state index is 8.78. The molecule has 1 aromatic heterocycles. The average molecular weight is 194 g/mol. The molecule has 1 fully saturated rings. The van der Waals surface area contributed by atoms with E-state index in [1.54, 1.807) is 12.3 Å². The maximum Gasteiger partial charge on any atom is 0.137 e. The lowest BCUT2D eigenvalue weighted by molar-refractivity contribution is 0.216. The van der Waals surface area contributed by atoms with Gasteiger partial charge in [0, 0.05) is 6.04 Å². The lowest BCUT2D eigenvalue weighted by Gasteiger charge is -2.27. The van der Waals surface area contributed by atoms with Crippen LogP contribution in [0.15, 0.2) is 18.3 Å². The molecule has 76 valence electrons. The number of pyridine rings is 1. The molecule has 0 bridgehead atoms. The minimum Gasteiger partial charge on any atom is -0.490 e. The Morgan fingerprint density at radius 2 is 2.43 bits per heavy atom. The van der Waals surface area contributed by atoms with E-state index in [0.717, 1.165) is 12.3 Å². The molecule has 0 aliphatic carbocycles. The number of nitrogens with zero attached hydrogens (tertiary/aromatic N) is 1. The number of aliphatic hydroxyl groups excluding tert-OH is 1. The lowest BCUT2D eigenvalue weighted by atomic mass is 10.1. The first-order chi connectivity index (χ1) is 6.88. The first-order valence-corrected chi connectivity index (χ1v) is 4.80. The van der Waals surface area contributed by atoms with Crippen molar-refractivity contribution in [3.05, 3.63) is 24.0 Å².